The molecule has 0 bridgehead atoms. The van der Waals surface area contributed by atoms with Gasteiger partial charge >= 0.3 is 0 Å². The number of aryl methyl sites for hydroxylation is 2. The molecule has 2 aromatic rings. The fourth-order valence-corrected chi connectivity index (χ4v) is 3.39. The first-order valence-corrected chi connectivity index (χ1v) is 7.65. The van der Waals surface area contributed by atoms with Crippen LogP contribution in [0.1, 0.15) is 20.8 Å². The molecule has 19 heavy (non-hydrogen) atoms. The van der Waals surface area contributed by atoms with Crippen LogP contribution in [0, 0.1) is 13.8 Å². The Kier molecular flexibility index (Phi) is 4.42. The van der Waals surface area contributed by atoms with Crippen LogP contribution in [-0.2, 0) is 0 Å². The molecule has 0 aliphatic rings. The average molecular weight is 338 g/mol. The third-order valence-electron chi connectivity index (χ3n) is 2.99. The number of likely N-dealkylation sites (N-methyl/N-ethyl adjacent to an activating group) is 1. The molecule has 4 heteroatoms. The summed E-state index contributed by atoms with van der Waals surface area (Å²) in [4.78, 5) is 15.0. The fraction of sp³-hybridized carbons (Fsp3) is 0.267. The summed E-state index contributed by atoms with van der Waals surface area (Å²) in [5.41, 5.74) is 3.54. The number of hydrogen-bond donors (Lipinski definition) is 0. The number of thiophene rings is 1. The minimum absolute atomic E-state index is 0.151. The van der Waals surface area contributed by atoms with Crippen LogP contribution in [0.4, 0.5) is 5.69 Å². The molecule has 0 radical (unpaired) electrons. The van der Waals surface area contributed by atoms with E-state index in [2.05, 4.69) is 48.0 Å². The van der Waals surface area contributed by atoms with Gasteiger partial charge in [-0.15, -0.1) is 11.3 Å². The molecular weight excluding hydrogens is 322 g/mol. The van der Waals surface area contributed by atoms with Crippen LogP contribution in [0.5, 0.6) is 0 Å². The molecule has 0 aliphatic heterocycles. The standard InChI is InChI=1S/C15H16BrNOS/c1-10-4-5-12(11(2)8-10)17(3)9-13(18)14-6-7-15(16)19-14/h4-8H,9H2,1-3H3. The lowest BCUT2D eigenvalue weighted by atomic mass is 10.1. The van der Waals surface area contributed by atoms with Gasteiger partial charge in [-0.05, 0) is 53.5 Å². The molecule has 0 N–H and O–H groups in total. The van der Waals surface area contributed by atoms with Gasteiger partial charge in [0.25, 0.3) is 0 Å². The Labute approximate surface area is 126 Å². The van der Waals surface area contributed by atoms with Gasteiger partial charge in [0.15, 0.2) is 5.78 Å². The first kappa shape index (κ1) is 14.3. The van der Waals surface area contributed by atoms with Gasteiger partial charge in [-0.3, -0.25) is 4.79 Å². The second kappa shape index (κ2) is 5.88. The summed E-state index contributed by atoms with van der Waals surface area (Å²) in [6.45, 7) is 4.55. The van der Waals surface area contributed by atoms with Crippen molar-refractivity contribution in [3.8, 4) is 0 Å². The molecule has 0 atom stereocenters. The van der Waals surface area contributed by atoms with Gasteiger partial charge in [0, 0.05) is 12.7 Å². The highest BCUT2D eigenvalue weighted by molar-refractivity contribution is 9.11. The van der Waals surface area contributed by atoms with Gasteiger partial charge in [0.2, 0.25) is 0 Å². The van der Waals surface area contributed by atoms with Gasteiger partial charge in [-0.2, -0.15) is 0 Å². The zero-order valence-corrected chi connectivity index (χ0v) is 13.6. The Balaban J connectivity index is 2.12. The first-order valence-electron chi connectivity index (χ1n) is 6.04. The maximum atomic E-state index is 12.2. The highest BCUT2D eigenvalue weighted by Gasteiger charge is 2.13. The number of hydrogen-bond acceptors (Lipinski definition) is 3. The van der Waals surface area contributed by atoms with Crippen molar-refractivity contribution in [1.82, 2.24) is 0 Å². The third kappa shape index (κ3) is 3.45. The minimum atomic E-state index is 0.151. The van der Waals surface area contributed by atoms with E-state index >= 15 is 0 Å². The van der Waals surface area contributed by atoms with Gasteiger partial charge in [0.05, 0.1) is 15.2 Å². The first-order chi connectivity index (χ1) is 8.97. The molecule has 2 nitrogen and oxygen atoms in total. The predicted molar refractivity (Wildman–Crippen MR) is 85.5 cm³/mol. The van der Waals surface area contributed by atoms with Crippen molar-refractivity contribution in [2.45, 2.75) is 13.8 Å². The van der Waals surface area contributed by atoms with Crippen LogP contribution < -0.4 is 4.90 Å². The number of carbonyl (C=O) groups excluding carboxylic acids is 1. The largest absolute Gasteiger partial charge is 0.367 e. The monoisotopic (exact) mass is 337 g/mol. The molecule has 2 rings (SSSR count). The molecule has 0 fully saturated rings. The molecule has 0 spiro atoms. The second-order valence-electron chi connectivity index (χ2n) is 4.67. The number of halogens is 1. The summed E-state index contributed by atoms with van der Waals surface area (Å²) >= 11 is 4.86. The molecule has 100 valence electrons. The Morgan fingerprint density at radius 2 is 2.00 bits per heavy atom. The normalized spacial score (nSPS) is 10.5. The summed E-state index contributed by atoms with van der Waals surface area (Å²) < 4.78 is 0.991. The lowest BCUT2D eigenvalue weighted by Gasteiger charge is -2.20. The molecule has 0 saturated heterocycles. The van der Waals surface area contributed by atoms with Crippen molar-refractivity contribution in [1.29, 1.82) is 0 Å². The summed E-state index contributed by atoms with van der Waals surface area (Å²) in [6, 6.07) is 10.1. The number of ketones is 1. The van der Waals surface area contributed by atoms with Gasteiger partial charge in [0.1, 0.15) is 0 Å². The van der Waals surface area contributed by atoms with Crippen molar-refractivity contribution in [3.05, 3.63) is 50.1 Å². The number of anilines is 1. The molecule has 1 heterocycles. The smallest absolute Gasteiger partial charge is 0.192 e. The van der Waals surface area contributed by atoms with E-state index in [1.165, 1.54) is 22.5 Å². The van der Waals surface area contributed by atoms with Crippen LogP contribution in [0.2, 0.25) is 0 Å². The van der Waals surface area contributed by atoms with Crippen LogP contribution in [0.15, 0.2) is 34.1 Å². The maximum Gasteiger partial charge on any atom is 0.192 e. The Bertz CT molecular complexity index is 606. The summed E-state index contributed by atoms with van der Waals surface area (Å²) in [7, 11) is 1.96. The van der Waals surface area contributed by atoms with E-state index in [1.54, 1.807) is 0 Å². The van der Waals surface area contributed by atoms with E-state index in [9.17, 15) is 4.79 Å². The molecule has 0 saturated carbocycles. The summed E-state index contributed by atoms with van der Waals surface area (Å²) in [6.07, 6.45) is 0. The van der Waals surface area contributed by atoms with Crippen molar-refractivity contribution in [3.63, 3.8) is 0 Å². The van der Waals surface area contributed by atoms with Gasteiger partial charge in [-0.25, -0.2) is 0 Å². The minimum Gasteiger partial charge on any atom is -0.367 e. The highest BCUT2D eigenvalue weighted by Crippen LogP contribution is 2.24. The van der Waals surface area contributed by atoms with Crippen molar-refractivity contribution in [2.24, 2.45) is 0 Å². The number of rotatable bonds is 4. The third-order valence-corrected chi connectivity index (χ3v) is 4.66. The Morgan fingerprint density at radius 3 is 2.58 bits per heavy atom. The fourth-order valence-electron chi connectivity index (χ4n) is 2.08. The topological polar surface area (TPSA) is 20.3 Å². The van der Waals surface area contributed by atoms with E-state index in [4.69, 9.17) is 0 Å². The Morgan fingerprint density at radius 1 is 1.26 bits per heavy atom. The van der Waals surface area contributed by atoms with Gasteiger partial charge in [-0.1, -0.05) is 17.7 Å². The molecule has 1 aromatic carbocycles. The average Bonchev–Trinajstić information content (AvgIpc) is 2.75. The number of nitrogens with zero attached hydrogens (tertiary/aromatic N) is 1. The molecular formula is C15H16BrNOS. The number of Topliss-reactive ketones (excluding diaryl/α,β-unsaturated/α-hetero) is 1. The van der Waals surface area contributed by atoms with Crippen LogP contribution in [0.25, 0.3) is 0 Å². The molecule has 0 aliphatic carbocycles. The summed E-state index contributed by atoms with van der Waals surface area (Å²) in [5.74, 6) is 0.151. The molecule has 0 amide bonds. The molecule has 1 aromatic heterocycles. The van der Waals surface area contributed by atoms with Crippen molar-refractivity contribution >= 4 is 38.7 Å². The lowest BCUT2D eigenvalue weighted by Crippen LogP contribution is -2.25. The van der Waals surface area contributed by atoms with E-state index in [-0.39, 0.29) is 5.78 Å². The lowest BCUT2D eigenvalue weighted by molar-refractivity contribution is 0.100. The summed E-state index contributed by atoms with van der Waals surface area (Å²) in [5, 5.41) is 0. The van der Waals surface area contributed by atoms with E-state index < -0.39 is 0 Å². The SMILES string of the molecule is Cc1ccc(N(C)CC(=O)c2ccc(Br)s2)c(C)c1. The molecule has 0 unspecified atom stereocenters. The van der Waals surface area contributed by atoms with E-state index in [0.717, 1.165) is 14.4 Å². The quantitative estimate of drug-likeness (QED) is 0.768. The maximum absolute atomic E-state index is 12.2. The van der Waals surface area contributed by atoms with Crippen molar-refractivity contribution in [2.75, 3.05) is 18.5 Å². The van der Waals surface area contributed by atoms with E-state index in [0.29, 0.717) is 6.54 Å². The Hall–Kier alpha value is -1.13. The second-order valence-corrected chi connectivity index (χ2v) is 7.14. The van der Waals surface area contributed by atoms with Gasteiger partial charge < -0.3 is 4.90 Å². The van der Waals surface area contributed by atoms with Crippen LogP contribution in [0.3, 0.4) is 0 Å². The number of carbonyl (C=O) groups is 1. The zero-order chi connectivity index (χ0) is 14.0. The predicted octanol–water partition coefficient (Wildman–Crippen LogP) is 4.45. The van der Waals surface area contributed by atoms with Crippen LogP contribution >= 0.6 is 27.3 Å². The zero-order valence-electron chi connectivity index (χ0n) is 11.2. The van der Waals surface area contributed by atoms with Crippen molar-refractivity contribution < 1.29 is 4.79 Å². The number of benzene rings is 1. The van der Waals surface area contributed by atoms with Crippen LogP contribution in [-0.4, -0.2) is 19.4 Å². The highest BCUT2D eigenvalue weighted by atomic mass is 79.9. The van der Waals surface area contributed by atoms with E-state index in [1.807, 2.05) is 24.1 Å².